The zero-order valence-corrected chi connectivity index (χ0v) is 9.34. The molecule has 2 unspecified atom stereocenters. The highest BCUT2D eigenvalue weighted by Gasteiger charge is 2.15. The number of nitrogens with two attached hydrogens (primary N) is 1. The maximum Gasteiger partial charge on any atom is 0.154 e. The van der Waals surface area contributed by atoms with Crippen LogP contribution in [0, 0.1) is 5.92 Å². The molecule has 0 saturated carbocycles. The zero-order chi connectivity index (χ0) is 10.4. The fraction of sp³-hybridized carbons (Fsp3) is 1.00. The van der Waals surface area contributed by atoms with E-state index < -0.39 is 11.1 Å². The van der Waals surface area contributed by atoms with Gasteiger partial charge in [0.25, 0.3) is 0 Å². The summed E-state index contributed by atoms with van der Waals surface area (Å²) in [5.41, 5.74) is 5.63. The van der Waals surface area contributed by atoms with E-state index in [1.807, 2.05) is 0 Å². The molecule has 1 aliphatic heterocycles. The lowest BCUT2D eigenvalue weighted by molar-refractivity contribution is 0.296. The van der Waals surface area contributed by atoms with E-state index in [0.29, 0.717) is 11.7 Å². The van der Waals surface area contributed by atoms with Crippen LogP contribution in [0.2, 0.25) is 0 Å². The van der Waals surface area contributed by atoms with Gasteiger partial charge in [0.15, 0.2) is 11.1 Å². The molecule has 1 fully saturated rings. The van der Waals surface area contributed by atoms with Gasteiger partial charge in [0.1, 0.15) is 0 Å². The zero-order valence-electron chi connectivity index (χ0n) is 8.52. The number of hydrogen-bond donors (Lipinski definition) is 2. The second-order valence-electron chi connectivity index (χ2n) is 3.90. The average Bonchev–Trinajstić information content (AvgIpc) is 2.39. The molecule has 0 spiro atoms. The van der Waals surface area contributed by atoms with Crippen molar-refractivity contribution < 1.29 is 8.76 Å². The molecule has 2 atom stereocenters. The third-order valence-corrected chi connectivity index (χ3v) is 3.39. The largest absolute Gasteiger partial charge is 0.330 e. The highest BCUT2D eigenvalue weighted by molar-refractivity contribution is 7.79. The van der Waals surface area contributed by atoms with E-state index in [1.54, 1.807) is 0 Å². The van der Waals surface area contributed by atoms with Crippen molar-refractivity contribution in [3.8, 4) is 0 Å². The first-order valence-electron chi connectivity index (χ1n) is 5.22. The van der Waals surface area contributed by atoms with E-state index in [2.05, 4.69) is 4.90 Å². The van der Waals surface area contributed by atoms with Gasteiger partial charge in [-0.25, -0.2) is 4.21 Å². The summed E-state index contributed by atoms with van der Waals surface area (Å²) in [4.78, 5) is 2.27. The molecule has 84 valence electrons. The molecule has 1 saturated heterocycles. The number of nitrogens with zero attached hydrogens (tertiary/aromatic N) is 1. The predicted molar refractivity (Wildman–Crippen MR) is 58.5 cm³/mol. The lowest BCUT2D eigenvalue weighted by Gasteiger charge is -2.18. The fourth-order valence-corrected chi connectivity index (χ4v) is 2.31. The van der Waals surface area contributed by atoms with Crippen molar-refractivity contribution in [2.24, 2.45) is 11.7 Å². The van der Waals surface area contributed by atoms with E-state index in [-0.39, 0.29) is 0 Å². The Kier molecular flexibility index (Phi) is 5.62. The lowest BCUT2D eigenvalue weighted by atomic mass is 10.0. The highest BCUT2D eigenvalue weighted by Crippen LogP contribution is 2.15. The van der Waals surface area contributed by atoms with Crippen LogP contribution in [0.25, 0.3) is 0 Å². The van der Waals surface area contributed by atoms with Gasteiger partial charge in [-0.2, -0.15) is 0 Å². The molecule has 0 aliphatic carbocycles. The van der Waals surface area contributed by atoms with Gasteiger partial charge in [0.2, 0.25) is 0 Å². The minimum absolute atomic E-state index is 0.368. The predicted octanol–water partition coefficient (Wildman–Crippen LogP) is 0.269. The van der Waals surface area contributed by atoms with Crippen LogP contribution in [0.4, 0.5) is 0 Å². The Morgan fingerprint density at radius 1 is 1.43 bits per heavy atom. The Bertz CT molecular complexity index is 190. The first-order chi connectivity index (χ1) is 6.72. The van der Waals surface area contributed by atoms with Crippen LogP contribution >= 0.6 is 0 Å². The van der Waals surface area contributed by atoms with Crippen molar-refractivity contribution in [3.63, 3.8) is 0 Å². The molecule has 1 aliphatic rings. The third-order valence-electron chi connectivity index (χ3n) is 2.86. The SMILES string of the molecule is NCC1CCCN(CCS(=O)O)CC1. The molecule has 0 aromatic rings. The van der Waals surface area contributed by atoms with Crippen LogP contribution in [-0.4, -0.2) is 45.6 Å². The van der Waals surface area contributed by atoms with Gasteiger partial charge in [-0.1, -0.05) is 0 Å². The monoisotopic (exact) mass is 220 g/mol. The summed E-state index contributed by atoms with van der Waals surface area (Å²) < 4.78 is 19.2. The van der Waals surface area contributed by atoms with Gasteiger partial charge < -0.3 is 15.2 Å². The fourth-order valence-electron chi connectivity index (χ4n) is 1.89. The van der Waals surface area contributed by atoms with Crippen LogP contribution < -0.4 is 5.73 Å². The summed E-state index contributed by atoms with van der Waals surface area (Å²) in [6.45, 7) is 3.59. The van der Waals surface area contributed by atoms with E-state index in [9.17, 15) is 4.21 Å². The summed E-state index contributed by atoms with van der Waals surface area (Å²) in [5.74, 6) is 1.02. The van der Waals surface area contributed by atoms with Gasteiger partial charge >= 0.3 is 0 Å². The van der Waals surface area contributed by atoms with Crippen LogP contribution in [0.1, 0.15) is 19.3 Å². The first-order valence-corrected chi connectivity index (χ1v) is 6.50. The van der Waals surface area contributed by atoms with E-state index in [4.69, 9.17) is 10.3 Å². The molecule has 5 heteroatoms. The highest BCUT2D eigenvalue weighted by atomic mass is 32.2. The quantitative estimate of drug-likeness (QED) is 0.667. The smallest absolute Gasteiger partial charge is 0.154 e. The maximum atomic E-state index is 10.5. The molecule has 1 rings (SSSR count). The molecule has 0 bridgehead atoms. The summed E-state index contributed by atoms with van der Waals surface area (Å²) in [6, 6.07) is 0. The Labute approximate surface area is 88.1 Å². The van der Waals surface area contributed by atoms with Crippen LogP contribution in [0.3, 0.4) is 0 Å². The molecule has 0 amide bonds. The summed E-state index contributed by atoms with van der Waals surface area (Å²) in [7, 11) is 0. The molecule has 4 nitrogen and oxygen atoms in total. The van der Waals surface area contributed by atoms with Crippen molar-refractivity contribution >= 4 is 11.1 Å². The molecule has 14 heavy (non-hydrogen) atoms. The van der Waals surface area contributed by atoms with Crippen LogP contribution in [0.5, 0.6) is 0 Å². The topological polar surface area (TPSA) is 66.6 Å². The minimum atomic E-state index is -1.65. The van der Waals surface area contributed by atoms with E-state index in [0.717, 1.165) is 32.6 Å². The van der Waals surface area contributed by atoms with E-state index in [1.165, 1.54) is 12.8 Å². The molecular weight excluding hydrogens is 200 g/mol. The van der Waals surface area contributed by atoms with Gasteiger partial charge in [0.05, 0.1) is 5.75 Å². The van der Waals surface area contributed by atoms with Crippen molar-refractivity contribution in [1.29, 1.82) is 0 Å². The Hall–Kier alpha value is 0.0300. The Balaban J connectivity index is 2.23. The molecule has 3 N–H and O–H groups in total. The van der Waals surface area contributed by atoms with Gasteiger partial charge in [0, 0.05) is 6.54 Å². The second-order valence-corrected chi connectivity index (χ2v) is 4.95. The molecular formula is C9H20N2O2S. The van der Waals surface area contributed by atoms with Crippen molar-refractivity contribution in [2.75, 3.05) is 31.9 Å². The van der Waals surface area contributed by atoms with Crippen molar-refractivity contribution in [3.05, 3.63) is 0 Å². The molecule has 0 aromatic heterocycles. The molecule has 0 aromatic carbocycles. The van der Waals surface area contributed by atoms with Gasteiger partial charge in [-0.15, -0.1) is 0 Å². The summed E-state index contributed by atoms with van der Waals surface area (Å²) in [6.07, 6.45) is 3.50. The lowest BCUT2D eigenvalue weighted by Crippen LogP contribution is -2.29. The standard InChI is InChI=1S/C9H20N2O2S/c10-8-9-2-1-4-11(5-3-9)6-7-14(12)13/h9H,1-8,10H2,(H,12,13). The third kappa shape index (κ3) is 4.50. The average molecular weight is 220 g/mol. The van der Waals surface area contributed by atoms with Crippen molar-refractivity contribution in [2.45, 2.75) is 19.3 Å². The van der Waals surface area contributed by atoms with E-state index >= 15 is 0 Å². The van der Waals surface area contributed by atoms with Gasteiger partial charge in [-0.05, 0) is 44.8 Å². The number of hydrogen-bond acceptors (Lipinski definition) is 3. The second kappa shape index (κ2) is 6.50. The molecule has 1 heterocycles. The number of likely N-dealkylation sites (tertiary alicyclic amines) is 1. The Morgan fingerprint density at radius 3 is 2.86 bits per heavy atom. The summed E-state index contributed by atoms with van der Waals surface area (Å²) in [5, 5.41) is 0. The summed E-state index contributed by atoms with van der Waals surface area (Å²) >= 11 is -1.65. The minimum Gasteiger partial charge on any atom is -0.330 e. The van der Waals surface area contributed by atoms with Crippen molar-refractivity contribution in [1.82, 2.24) is 4.90 Å². The molecule has 0 radical (unpaired) electrons. The first kappa shape index (κ1) is 12.1. The maximum absolute atomic E-state index is 10.5. The Morgan fingerprint density at radius 2 is 2.21 bits per heavy atom. The van der Waals surface area contributed by atoms with Crippen LogP contribution in [-0.2, 0) is 11.1 Å². The normalized spacial score (nSPS) is 27.1. The number of rotatable bonds is 4. The van der Waals surface area contributed by atoms with Gasteiger partial charge in [-0.3, -0.25) is 0 Å². The van der Waals surface area contributed by atoms with Crippen LogP contribution in [0.15, 0.2) is 0 Å².